The average Bonchev–Trinajstić information content (AvgIpc) is 3.77. The molecule has 12 heteroatoms. The smallest absolute Gasteiger partial charge is 0.200 e. The Labute approximate surface area is 319 Å². The van der Waals surface area contributed by atoms with Crippen molar-refractivity contribution < 1.29 is 22.0 Å². The predicted molar refractivity (Wildman–Crippen MR) is 207 cm³/mol. The summed E-state index contributed by atoms with van der Waals surface area (Å²) in [5.41, 5.74) is 2.36. The second-order valence-corrected chi connectivity index (χ2v) is 13.2. The molecule has 0 N–H and O–H groups in total. The Morgan fingerprint density at radius 2 is 0.912 bits per heavy atom. The van der Waals surface area contributed by atoms with Gasteiger partial charge in [-0.1, -0.05) is 36.4 Å². The summed E-state index contributed by atoms with van der Waals surface area (Å²) >= 11 is 0. The van der Waals surface area contributed by atoms with E-state index < -0.39 is 34.6 Å². The molecule has 57 heavy (non-hydrogen) atoms. The fourth-order valence-electron chi connectivity index (χ4n) is 7.77. The minimum absolute atomic E-state index is 0.0895. The van der Waals surface area contributed by atoms with Crippen LogP contribution in [0.1, 0.15) is 5.56 Å². The summed E-state index contributed by atoms with van der Waals surface area (Å²) < 4.78 is 79.9. The van der Waals surface area contributed by atoms with E-state index in [0.29, 0.717) is 55.7 Å². The molecule has 0 spiro atoms. The average molecular weight is 756 g/mol. The Bertz CT molecular complexity index is 3290. The van der Waals surface area contributed by atoms with Gasteiger partial charge in [-0.3, -0.25) is 0 Å². The summed E-state index contributed by atoms with van der Waals surface area (Å²) in [6, 6.07) is 34.2. The minimum Gasteiger partial charge on any atom is -0.308 e. The Morgan fingerprint density at radius 1 is 0.456 bits per heavy atom. The lowest BCUT2D eigenvalue weighted by Crippen LogP contribution is -2.10. The predicted octanol–water partition coefficient (Wildman–Crippen LogP) is 11.0. The van der Waals surface area contributed by atoms with Crippen LogP contribution in [0.25, 0.3) is 88.9 Å². The Balaban J connectivity index is 1.35. The van der Waals surface area contributed by atoms with Gasteiger partial charge in [0.2, 0.25) is 5.82 Å². The first kappa shape index (κ1) is 33.8. The third-order valence-corrected chi connectivity index (χ3v) is 10.2. The Kier molecular flexibility index (Phi) is 7.65. The Morgan fingerprint density at radius 3 is 1.44 bits per heavy atom. The lowest BCUT2D eigenvalue weighted by Gasteiger charge is -2.21. The summed E-state index contributed by atoms with van der Waals surface area (Å²) in [6.07, 6.45) is 6.52. The van der Waals surface area contributed by atoms with E-state index in [4.69, 9.17) is 0 Å². The molecule has 4 aromatic heterocycles. The van der Waals surface area contributed by atoms with Crippen LogP contribution in [0.15, 0.2) is 134 Å². The summed E-state index contributed by atoms with van der Waals surface area (Å²) in [6.45, 7) is 0. The summed E-state index contributed by atoms with van der Waals surface area (Å²) in [5.74, 6) is -9.59. The van der Waals surface area contributed by atoms with Crippen molar-refractivity contribution in [1.29, 1.82) is 5.26 Å². The number of nitrogens with zero attached hydrogens (tertiary/aromatic N) is 7. The monoisotopic (exact) mass is 755 g/mol. The van der Waals surface area contributed by atoms with Crippen molar-refractivity contribution in [3.8, 4) is 51.3 Å². The van der Waals surface area contributed by atoms with Crippen LogP contribution in [0.3, 0.4) is 0 Å². The normalized spacial score (nSPS) is 11.6. The molecular weight excluding hydrogens is 734 g/mol. The van der Waals surface area contributed by atoms with E-state index >= 15 is 17.6 Å². The van der Waals surface area contributed by atoms with Crippen LogP contribution >= 0.6 is 0 Å². The zero-order valence-electron chi connectivity index (χ0n) is 29.2. The van der Waals surface area contributed by atoms with Crippen LogP contribution in [0.2, 0.25) is 0 Å². The van der Waals surface area contributed by atoms with Crippen molar-refractivity contribution in [2.75, 3.05) is 0 Å². The SMILES string of the molecule is N#Cc1c(-n2c3ccccc3c3cc(-c4ncccn4)ccc32)ccc(-c2c(F)c(F)c(F)c(F)c2F)c1-n1c2ccccc2c2cc(-c3ncccn3)ccc21. The van der Waals surface area contributed by atoms with Gasteiger partial charge in [0.05, 0.1) is 39.0 Å². The highest BCUT2D eigenvalue weighted by molar-refractivity contribution is 6.12. The van der Waals surface area contributed by atoms with Gasteiger partial charge in [0, 0.05) is 63.0 Å². The van der Waals surface area contributed by atoms with E-state index in [1.807, 2.05) is 65.2 Å². The fraction of sp³-hybridized carbons (Fsp3) is 0. The number of halogens is 5. The lowest BCUT2D eigenvalue weighted by atomic mass is 9.96. The molecule has 0 atom stereocenters. The van der Waals surface area contributed by atoms with E-state index in [1.165, 1.54) is 12.1 Å². The number of hydrogen-bond donors (Lipinski definition) is 0. The minimum atomic E-state index is -2.29. The molecule has 7 nitrogen and oxygen atoms in total. The van der Waals surface area contributed by atoms with Gasteiger partial charge >= 0.3 is 0 Å². The molecule has 0 saturated heterocycles. The molecule has 0 fully saturated rings. The standard InChI is InChI=1S/C45H22F5N7/c46-38-37(39(47)41(49)42(50)40(38)48)28-13-16-36(56-32-9-3-1-7-26(32)29-21-24(11-14-34(29)56)44-52-17-5-18-53-44)31(23-51)43(28)57-33-10-4-2-8-27(33)30-22-25(12-15-35(30)57)45-54-19-6-20-55-45/h1-22H. The van der Waals surface area contributed by atoms with Crippen LogP contribution in [-0.2, 0) is 0 Å². The molecule has 6 aromatic carbocycles. The Hall–Kier alpha value is -7.78. The van der Waals surface area contributed by atoms with E-state index in [-0.39, 0.29) is 16.8 Å². The number of rotatable bonds is 5. The summed E-state index contributed by atoms with van der Waals surface area (Å²) in [7, 11) is 0. The van der Waals surface area contributed by atoms with Crippen molar-refractivity contribution in [3.63, 3.8) is 0 Å². The molecule has 0 aliphatic carbocycles. The highest BCUT2D eigenvalue weighted by Gasteiger charge is 2.31. The van der Waals surface area contributed by atoms with Gasteiger partial charge in [0.25, 0.3) is 0 Å². The van der Waals surface area contributed by atoms with Crippen LogP contribution in [0.5, 0.6) is 0 Å². The van der Waals surface area contributed by atoms with Gasteiger partial charge in [-0.15, -0.1) is 0 Å². The van der Waals surface area contributed by atoms with Gasteiger partial charge in [0.15, 0.2) is 34.9 Å². The highest BCUT2D eigenvalue weighted by atomic mass is 19.2. The second-order valence-electron chi connectivity index (χ2n) is 13.2. The summed E-state index contributed by atoms with van der Waals surface area (Å²) in [5, 5.41) is 14.2. The molecule has 0 aliphatic rings. The number of para-hydroxylation sites is 2. The maximum atomic E-state index is 15.9. The van der Waals surface area contributed by atoms with Gasteiger partial charge < -0.3 is 9.13 Å². The van der Waals surface area contributed by atoms with Crippen molar-refractivity contribution >= 4 is 43.6 Å². The topological polar surface area (TPSA) is 85.2 Å². The maximum Gasteiger partial charge on any atom is 0.200 e. The molecule has 10 aromatic rings. The van der Waals surface area contributed by atoms with Crippen molar-refractivity contribution in [3.05, 3.63) is 169 Å². The van der Waals surface area contributed by atoms with Gasteiger partial charge in [0.1, 0.15) is 11.6 Å². The number of hydrogen-bond acceptors (Lipinski definition) is 5. The zero-order valence-corrected chi connectivity index (χ0v) is 29.2. The summed E-state index contributed by atoms with van der Waals surface area (Å²) in [4.78, 5) is 17.6. The lowest BCUT2D eigenvalue weighted by molar-refractivity contribution is 0.381. The van der Waals surface area contributed by atoms with Crippen molar-refractivity contribution in [1.82, 2.24) is 29.1 Å². The van der Waals surface area contributed by atoms with Crippen LogP contribution in [0, 0.1) is 40.4 Å². The van der Waals surface area contributed by atoms with E-state index in [1.54, 1.807) is 65.8 Å². The highest BCUT2D eigenvalue weighted by Crippen LogP contribution is 2.44. The third kappa shape index (κ3) is 5.02. The fourth-order valence-corrected chi connectivity index (χ4v) is 7.77. The van der Waals surface area contributed by atoms with Gasteiger partial charge in [-0.25, -0.2) is 41.9 Å². The van der Waals surface area contributed by atoms with Gasteiger partial charge in [-0.05, 0) is 72.8 Å². The maximum absolute atomic E-state index is 15.9. The van der Waals surface area contributed by atoms with Crippen molar-refractivity contribution in [2.45, 2.75) is 0 Å². The second kappa shape index (κ2) is 12.9. The van der Waals surface area contributed by atoms with Crippen LogP contribution < -0.4 is 0 Å². The van der Waals surface area contributed by atoms with Crippen LogP contribution in [-0.4, -0.2) is 29.1 Å². The molecule has 0 saturated carbocycles. The first-order chi connectivity index (χ1) is 27.9. The molecule has 10 rings (SSSR count). The molecule has 0 aliphatic heterocycles. The number of nitriles is 1. The molecule has 4 heterocycles. The van der Waals surface area contributed by atoms with Crippen LogP contribution in [0.4, 0.5) is 22.0 Å². The molecule has 272 valence electrons. The van der Waals surface area contributed by atoms with Gasteiger partial charge in [-0.2, -0.15) is 5.26 Å². The molecule has 0 bridgehead atoms. The number of benzene rings is 6. The van der Waals surface area contributed by atoms with E-state index in [2.05, 4.69) is 26.0 Å². The first-order valence-corrected chi connectivity index (χ1v) is 17.6. The van der Waals surface area contributed by atoms with E-state index in [9.17, 15) is 9.65 Å². The first-order valence-electron chi connectivity index (χ1n) is 17.6. The zero-order chi connectivity index (χ0) is 38.9. The van der Waals surface area contributed by atoms with E-state index in [0.717, 1.165) is 16.3 Å². The number of fused-ring (bicyclic) bond motifs is 6. The van der Waals surface area contributed by atoms with Crippen molar-refractivity contribution in [2.24, 2.45) is 0 Å². The quantitative estimate of drug-likeness (QED) is 0.0992. The third-order valence-electron chi connectivity index (χ3n) is 10.2. The molecule has 0 unspecified atom stereocenters. The molecule has 0 amide bonds. The molecule has 0 radical (unpaired) electrons. The molecular formula is C45H22F5N7. The largest absolute Gasteiger partial charge is 0.308 e. The number of aromatic nitrogens is 6.